The lowest BCUT2D eigenvalue weighted by atomic mass is 10.1. The van der Waals surface area contributed by atoms with Crippen LogP contribution in [0.3, 0.4) is 0 Å². The number of benzene rings is 1. The molecule has 94 valence electrons. The Labute approximate surface area is 106 Å². The maximum absolute atomic E-state index is 13.2. The van der Waals surface area contributed by atoms with Gasteiger partial charge in [-0.1, -0.05) is 6.92 Å². The maximum Gasteiger partial charge on any atom is 0.125 e. The molecule has 2 nitrogen and oxygen atoms in total. The third kappa shape index (κ3) is 3.61. The van der Waals surface area contributed by atoms with E-state index in [0.29, 0.717) is 5.69 Å². The minimum Gasteiger partial charge on any atom is -0.399 e. The maximum atomic E-state index is 13.2. The second-order valence-electron chi connectivity index (χ2n) is 4.53. The molecule has 4 heteroatoms. The van der Waals surface area contributed by atoms with Gasteiger partial charge in [0.15, 0.2) is 0 Å². The molecule has 1 aliphatic heterocycles. The Balaban J connectivity index is 2.00. The summed E-state index contributed by atoms with van der Waals surface area (Å²) in [4.78, 5) is 2.39. The van der Waals surface area contributed by atoms with Gasteiger partial charge in [-0.25, -0.2) is 4.39 Å². The molecule has 0 spiro atoms. The molecule has 1 aromatic rings. The lowest BCUT2D eigenvalue weighted by Gasteiger charge is -2.31. The van der Waals surface area contributed by atoms with Crippen LogP contribution < -0.4 is 5.73 Å². The molecular weight excluding hydrogens is 235 g/mol. The van der Waals surface area contributed by atoms with Crippen LogP contribution in [0.4, 0.5) is 10.1 Å². The fraction of sp³-hybridized carbons (Fsp3) is 0.538. The van der Waals surface area contributed by atoms with Crippen molar-refractivity contribution in [2.45, 2.75) is 25.1 Å². The minimum absolute atomic E-state index is 0.238. The fourth-order valence-corrected chi connectivity index (χ4v) is 3.44. The number of hydrogen-bond donors (Lipinski definition) is 1. The Kier molecular flexibility index (Phi) is 4.29. The molecule has 1 aromatic carbocycles. The smallest absolute Gasteiger partial charge is 0.125 e. The van der Waals surface area contributed by atoms with Crippen LogP contribution in [-0.4, -0.2) is 29.0 Å². The molecule has 1 atom stereocenters. The number of anilines is 1. The van der Waals surface area contributed by atoms with Crippen molar-refractivity contribution in [1.29, 1.82) is 0 Å². The Bertz CT molecular complexity index is 363. The third-order valence-corrected chi connectivity index (χ3v) is 4.44. The molecule has 1 fully saturated rings. The van der Waals surface area contributed by atoms with E-state index in [0.717, 1.165) is 30.4 Å². The van der Waals surface area contributed by atoms with Crippen LogP contribution in [0.15, 0.2) is 18.2 Å². The van der Waals surface area contributed by atoms with E-state index in [1.54, 1.807) is 6.07 Å². The summed E-state index contributed by atoms with van der Waals surface area (Å²) >= 11 is 2.04. The van der Waals surface area contributed by atoms with Gasteiger partial charge >= 0.3 is 0 Å². The average molecular weight is 254 g/mol. The second kappa shape index (κ2) is 5.74. The summed E-state index contributed by atoms with van der Waals surface area (Å²) in [6.45, 7) is 5.20. The molecule has 0 aliphatic carbocycles. The minimum atomic E-state index is -0.238. The Morgan fingerprint density at radius 2 is 2.29 bits per heavy atom. The summed E-state index contributed by atoms with van der Waals surface area (Å²) in [5, 5.41) is 0.717. The highest BCUT2D eigenvalue weighted by Gasteiger charge is 2.18. The standard InChI is InChI=1S/C13H19FN2S/c1-2-13-9-16(3-4-17-13)8-10-5-11(14)7-12(15)6-10/h5-7,13H,2-4,8-9,15H2,1H3. The Morgan fingerprint density at radius 1 is 1.47 bits per heavy atom. The summed E-state index contributed by atoms with van der Waals surface area (Å²) in [6.07, 6.45) is 1.20. The van der Waals surface area contributed by atoms with Gasteiger partial charge in [-0.2, -0.15) is 11.8 Å². The van der Waals surface area contributed by atoms with Crippen LogP contribution in [0, 0.1) is 5.82 Å². The van der Waals surface area contributed by atoms with Crippen LogP contribution in [-0.2, 0) is 6.54 Å². The zero-order chi connectivity index (χ0) is 12.3. The SMILES string of the molecule is CCC1CN(Cc2cc(N)cc(F)c2)CCS1. The quantitative estimate of drug-likeness (QED) is 0.841. The van der Waals surface area contributed by atoms with Crippen molar-refractivity contribution < 1.29 is 4.39 Å². The molecule has 0 amide bonds. The molecule has 0 radical (unpaired) electrons. The molecule has 2 rings (SSSR count). The van der Waals surface area contributed by atoms with Crippen LogP contribution in [0.5, 0.6) is 0 Å². The highest BCUT2D eigenvalue weighted by atomic mass is 32.2. The zero-order valence-electron chi connectivity index (χ0n) is 10.2. The van der Waals surface area contributed by atoms with Crippen molar-refractivity contribution in [3.05, 3.63) is 29.6 Å². The Morgan fingerprint density at radius 3 is 3.00 bits per heavy atom. The number of nitrogen functional groups attached to an aromatic ring is 1. The van der Waals surface area contributed by atoms with Crippen LogP contribution in [0.2, 0.25) is 0 Å². The molecule has 0 bridgehead atoms. The lowest BCUT2D eigenvalue weighted by molar-refractivity contribution is 0.273. The first-order chi connectivity index (χ1) is 8.17. The van der Waals surface area contributed by atoms with E-state index in [9.17, 15) is 4.39 Å². The van der Waals surface area contributed by atoms with E-state index in [1.165, 1.54) is 18.2 Å². The van der Waals surface area contributed by atoms with E-state index in [4.69, 9.17) is 5.73 Å². The van der Waals surface area contributed by atoms with Gasteiger partial charge in [0.1, 0.15) is 5.82 Å². The molecule has 1 aliphatic rings. The van der Waals surface area contributed by atoms with Gasteiger partial charge in [-0.3, -0.25) is 4.90 Å². The van der Waals surface area contributed by atoms with Crippen LogP contribution in [0.1, 0.15) is 18.9 Å². The molecule has 1 saturated heterocycles. The molecular formula is C13H19FN2S. The highest BCUT2D eigenvalue weighted by Crippen LogP contribution is 2.23. The van der Waals surface area contributed by atoms with Gasteiger partial charge in [0, 0.05) is 36.3 Å². The normalized spacial score (nSPS) is 21.6. The molecule has 2 N–H and O–H groups in total. The first-order valence-corrected chi connectivity index (χ1v) is 7.11. The van der Waals surface area contributed by atoms with E-state index in [2.05, 4.69) is 11.8 Å². The second-order valence-corrected chi connectivity index (χ2v) is 5.94. The van der Waals surface area contributed by atoms with Crippen molar-refractivity contribution in [1.82, 2.24) is 4.90 Å². The summed E-state index contributed by atoms with van der Waals surface area (Å²) in [6, 6.07) is 4.81. The fourth-order valence-electron chi connectivity index (χ4n) is 2.20. The number of nitrogens with zero attached hydrogens (tertiary/aromatic N) is 1. The largest absolute Gasteiger partial charge is 0.399 e. The average Bonchev–Trinajstić information content (AvgIpc) is 2.28. The number of hydrogen-bond acceptors (Lipinski definition) is 3. The van der Waals surface area contributed by atoms with Gasteiger partial charge in [0.05, 0.1) is 0 Å². The Hall–Kier alpha value is -0.740. The van der Waals surface area contributed by atoms with Crippen molar-refractivity contribution in [2.24, 2.45) is 0 Å². The summed E-state index contributed by atoms with van der Waals surface area (Å²) in [5.41, 5.74) is 7.14. The summed E-state index contributed by atoms with van der Waals surface area (Å²) in [7, 11) is 0. The van der Waals surface area contributed by atoms with Gasteiger partial charge in [0.25, 0.3) is 0 Å². The molecule has 0 aromatic heterocycles. The number of thioether (sulfide) groups is 1. The van der Waals surface area contributed by atoms with Gasteiger partial charge < -0.3 is 5.73 Å². The van der Waals surface area contributed by atoms with Crippen molar-refractivity contribution in [2.75, 3.05) is 24.6 Å². The van der Waals surface area contributed by atoms with Gasteiger partial charge in [-0.05, 0) is 30.2 Å². The lowest BCUT2D eigenvalue weighted by Crippen LogP contribution is -2.37. The third-order valence-electron chi connectivity index (χ3n) is 3.06. The molecule has 17 heavy (non-hydrogen) atoms. The first-order valence-electron chi connectivity index (χ1n) is 6.06. The molecule has 1 unspecified atom stereocenters. The van der Waals surface area contributed by atoms with Crippen molar-refractivity contribution in [3.8, 4) is 0 Å². The summed E-state index contributed by atoms with van der Waals surface area (Å²) < 4.78 is 13.2. The summed E-state index contributed by atoms with van der Waals surface area (Å²) in [5.74, 6) is 0.932. The predicted octanol–water partition coefficient (Wildman–Crippen LogP) is 2.74. The van der Waals surface area contributed by atoms with Crippen LogP contribution >= 0.6 is 11.8 Å². The number of halogens is 1. The van der Waals surface area contributed by atoms with E-state index in [1.807, 2.05) is 17.8 Å². The molecule has 0 saturated carbocycles. The number of rotatable bonds is 3. The van der Waals surface area contributed by atoms with Gasteiger partial charge in [0.2, 0.25) is 0 Å². The highest BCUT2D eigenvalue weighted by molar-refractivity contribution is 8.00. The monoisotopic (exact) mass is 254 g/mol. The van der Waals surface area contributed by atoms with Gasteiger partial charge in [-0.15, -0.1) is 0 Å². The number of nitrogens with two attached hydrogens (primary N) is 1. The van der Waals surface area contributed by atoms with Crippen LogP contribution in [0.25, 0.3) is 0 Å². The first kappa shape index (κ1) is 12.7. The van der Waals surface area contributed by atoms with Crippen molar-refractivity contribution in [3.63, 3.8) is 0 Å². The molecule has 1 heterocycles. The van der Waals surface area contributed by atoms with E-state index in [-0.39, 0.29) is 5.82 Å². The van der Waals surface area contributed by atoms with Crippen molar-refractivity contribution >= 4 is 17.4 Å². The topological polar surface area (TPSA) is 29.3 Å². The van der Waals surface area contributed by atoms with E-state index >= 15 is 0 Å². The predicted molar refractivity (Wildman–Crippen MR) is 72.6 cm³/mol. The van der Waals surface area contributed by atoms with E-state index < -0.39 is 0 Å². The zero-order valence-corrected chi connectivity index (χ0v) is 11.0.